The first kappa shape index (κ1) is 26.0. The molecule has 1 unspecified atom stereocenters. The number of methoxy groups -OCH3 is 3. The van der Waals surface area contributed by atoms with Crippen molar-refractivity contribution in [1.29, 1.82) is 0 Å². The maximum atomic E-state index is 13.3. The first-order valence-corrected chi connectivity index (χ1v) is 13.9. The summed E-state index contributed by atoms with van der Waals surface area (Å²) < 4.78 is 29.7. The molecule has 5 aromatic rings. The molecular formula is C36H30O6. The van der Waals surface area contributed by atoms with Crippen molar-refractivity contribution < 1.29 is 28.5 Å². The minimum Gasteiger partial charge on any atom is -0.497 e. The molecule has 1 atom stereocenters. The van der Waals surface area contributed by atoms with Crippen LogP contribution in [0, 0.1) is 6.92 Å². The zero-order valence-electron chi connectivity index (χ0n) is 23.9. The van der Waals surface area contributed by atoms with Crippen molar-refractivity contribution in [2.75, 3.05) is 27.9 Å². The number of esters is 1. The van der Waals surface area contributed by atoms with Crippen molar-refractivity contribution in [2.45, 2.75) is 18.9 Å². The summed E-state index contributed by atoms with van der Waals surface area (Å²) in [6.07, 6.45) is 4.86. The van der Waals surface area contributed by atoms with Gasteiger partial charge in [-0.1, -0.05) is 42.5 Å². The van der Waals surface area contributed by atoms with Gasteiger partial charge < -0.3 is 23.7 Å². The summed E-state index contributed by atoms with van der Waals surface area (Å²) in [6, 6.07) is 24.2. The molecule has 0 N–H and O–H groups in total. The average molecular weight is 559 g/mol. The molecule has 0 amide bonds. The zero-order valence-corrected chi connectivity index (χ0v) is 23.9. The minimum atomic E-state index is -0.995. The third-order valence-electron chi connectivity index (χ3n) is 8.51. The monoisotopic (exact) mass is 558 g/mol. The van der Waals surface area contributed by atoms with Gasteiger partial charge in [0.2, 0.25) is 0 Å². The minimum absolute atomic E-state index is 0.412. The second kappa shape index (κ2) is 9.84. The molecule has 0 aromatic heterocycles. The first-order valence-electron chi connectivity index (χ1n) is 13.9. The van der Waals surface area contributed by atoms with Gasteiger partial charge in [0.25, 0.3) is 0 Å². The van der Waals surface area contributed by atoms with Gasteiger partial charge in [-0.3, -0.25) is 0 Å². The van der Waals surface area contributed by atoms with E-state index in [1.165, 1.54) is 7.11 Å². The van der Waals surface area contributed by atoms with Crippen molar-refractivity contribution >= 4 is 33.6 Å². The molecule has 2 heterocycles. The molecule has 42 heavy (non-hydrogen) atoms. The number of aryl methyl sites for hydroxylation is 1. The van der Waals surface area contributed by atoms with Gasteiger partial charge >= 0.3 is 5.97 Å². The van der Waals surface area contributed by atoms with E-state index in [0.717, 1.165) is 67.5 Å². The van der Waals surface area contributed by atoms with Gasteiger partial charge in [0.15, 0.2) is 5.60 Å². The van der Waals surface area contributed by atoms with Crippen LogP contribution in [0.5, 0.6) is 23.0 Å². The Morgan fingerprint density at radius 2 is 1.62 bits per heavy atom. The first-order chi connectivity index (χ1) is 20.5. The Morgan fingerprint density at radius 3 is 2.36 bits per heavy atom. The van der Waals surface area contributed by atoms with Crippen LogP contribution >= 0.6 is 0 Å². The highest BCUT2D eigenvalue weighted by atomic mass is 16.5. The van der Waals surface area contributed by atoms with Crippen molar-refractivity contribution in [3.8, 4) is 23.0 Å². The van der Waals surface area contributed by atoms with Crippen LogP contribution in [0.2, 0.25) is 0 Å². The number of ether oxygens (including phenoxy) is 5. The van der Waals surface area contributed by atoms with Gasteiger partial charge in [-0.2, -0.15) is 0 Å². The van der Waals surface area contributed by atoms with Crippen LogP contribution in [-0.2, 0) is 16.8 Å². The van der Waals surface area contributed by atoms with E-state index in [2.05, 4.69) is 18.2 Å². The summed E-state index contributed by atoms with van der Waals surface area (Å²) in [4.78, 5) is 13.3. The SMILES string of the molecule is COC(=O)c1c2c(c3cc(OC)c4ccccc4c3c1C)OC(c1ccc(OC)cc1)(c1ccc3c(c1)CCO3)C=C2. The Balaban J connectivity index is 1.57. The lowest BCUT2D eigenvalue weighted by atomic mass is 9.81. The average Bonchev–Trinajstić information content (AvgIpc) is 3.52. The Bertz CT molecular complexity index is 1920. The van der Waals surface area contributed by atoms with Gasteiger partial charge in [0, 0.05) is 33.9 Å². The maximum Gasteiger partial charge on any atom is 0.338 e. The quantitative estimate of drug-likeness (QED) is 0.166. The highest BCUT2D eigenvalue weighted by Crippen LogP contribution is 2.50. The van der Waals surface area contributed by atoms with E-state index < -0.39 is 11.6 Å². The second-order valence-corrected chi connectivity index (χ2v) is 10.6. The van der Waals surface area contributed by atoms with E-state index in [4.69, 9.17) is 23.7 Å². The van der Waals surface area contributed by atoms with Crippen molar-refractivity contribution in [1.82, 2.24) is 0 Å². The molecule has 0 bridgehead atoms. The summed E-state index contributed by atoms with van der Waals surface area (Å²) >= 11 is 0. The van der Waals surface area contributed by atoms with E-state index in [9.17, 15) is 4.79 Å². The van der Waals surface area contributed by atoms with Crippen LogP contribution in [0.25, 0.3) is 27.6 Å². The molecule has 5 aromatic carbocycles. The second-order valence-electron chi connectivity index (χ2n) is 10.6. The van der Waals surface area contributed by atoms with E-state index in [1.54, 1.807) is 14.2 Å². The summed E-state index contributed by atoms with van der Waals surface area (Å²) in [7, 11) is 4.73. The van der Waals surface area contributed by atoms with Crippen LogP contribution in [0.3, 0.4) is 0 Å². The fourth-order valence-corrected chi connectivity index (χ4v) is 6.44. The molecule has 0 saturated carbocycles. The number of rotatable bonds is 5. The predicted molar refractivity (Wildman–Crippen MR) is 163 cm³/mol. The molecule has 2 aliphatic rings. The van der Waals surface area contributed by atoms with Gasteiger partial charge in [-0.25, -0.2) is 4.79 Å². The Hall–Kier alpha value is -4.97. The van der Waals surface area contributed by atoms with Crippen LogP contribution in [0.1, 0.15) is 38.2 Å². The zero-order chi connectivity index (χ0) is 29.0. The van der Waals surface area contributed by atoms with Gasteiger partial charge in [0.1, 0.15) is 23.0 Å². The van der Waals surface area contributed by atoms with Crippen molar-refractivity contribution in [3.05, 3.63) is 112 Å². The standard InChI is InChI=1S/C36H30O6/c1-21-32-27-8-6-5-7-26(27)31(39-3)20-29(32)34-28(33(21)35(37)40-4)15-17-36(42-34,23-9-12-25(38-2)13-10-23)24-11-14-30-22(19-24)16-18-41-30/h5-15,17,19-20H,16,18H2,1-4H3. The normalized spacial score (nSPS) is 16.9. The Kier molecular flexibility index (Phi) is 6.08. The van der Waals surface area contributed by atoms with E-state index in [-0.39, 0.29) is 0 Å². The molecule has 0 aliphatic carbocycles. The molecule has 0 radical (unpaired) electrons. The van der Waals surface area contributed by atoms with E-state index >= 15 is 0 Å². The predicted octanol–water partition coefficient (Wildman–Crippen LogP) is 7.39. The lowest BCUT2D eigenvalue weighted by molar-refractivity contribution is 0.0598. The van der Waals surface area contributed by atoms with E-state index in [1.807, 2.05) is 73.7 Å². The van der Waals surface area contributed by atoms with Crippen LogP contribution in [0.4, 0.5) is 0 Å². The molecule has 210 valence electrons. The number of fused-ring (bicyclic) bond motifs is 6. The third kappa shape index (κ3) is 3.75. The molecule has 7 rings (SSSR count). The lowest BCUT2D eigenvalue weighted by Gasteiger charge is -2.37. The van der Waals surface area contributed by atoms with Gasteiger partial charge in [0.05, 0.1) is 33.5 Å². The smallest absolute Gasteiger partial charge is 0.338 e. The maximum absolute atomic E-state index is 13.3. The topological polar surface area (TPSA) is 63.2 Å². The van der Waals surface area contributed by atoms with Crippen molar-refractivity contribution in [2.24, 2.45) is 0 Å². The third-order valence-corrected chi connectivity index (χ3v) is 8.51. The van der Waals surface area contributed by atoms with Crippen LogP contribution in [-0.4, -0.2) is 33.9 Å². The summed E-state index contributed by atoms with van der Waals surface area (Å²) in [6.45, 7) is 2.63. The molecule has 0 spiro atoms. The van der Waals surface area contributed by atoms with Crippen LogP contribution < -0.4 is 18.9 Å². The number of carbonyl (C=O) groups excluding carboxylic acids is 1. The summed E-state index contributed by atoms with van der Waals surface area (Å²) in [5.41, 5.74) is 4.01. The Labute approximate surface area is 244 Å². The van der Waals surface area contributed by atoms with Gasteiger partial charge in [-0.05, 0) is 71.3 Å². The molecule has 0 fully saturated rings. The van der Waals surface area contributed by atoms with Crippen molar-refractivity contribution in [3.63, 3.8) is 0 Å². The molecule has 2 aliphatic heterocycles. The molecule has 6 nitrogen and oxygen atoms in total. The highest BCUT2D eigenvalue weighted by Gasteiger charge is 2.40. The van der Waals surface area contributed by atoms with Gasteiger partial charge in [-0.15, -0.1) is 0 Å². The highest BCUT2D eigenvalue weighted by molar-refractivity contribution is 6.17. The fraction of sp³-hybridized carbons (Fsp3) is 0.194. The number of hydrogen-bond acceptors (Lipinski definition) is 6. The Morgan fingerprint density at radius 1 is 0.857 bits per heavy atom. The fourth-order valence-electron chi connectivity index (χ4n) is 6.44. The lowest BCUT2D eigenvalue weighted by Crippen LogP contribution is -2.35. The summed E-state index contributed by atoms with van der Waals surface area (Å²) in [5.74, 6) is 2.56. The van der Waals surface area contributed by atoms with E-state index in [0.29, 0.717) is 23.5 Å². The number of carbonyl (C=O) groups is 1. The number of hydrogen-bond donors (Lipinski definition) is 0. The molecule has 6 heteroatoms. The summed E-state index contributed by atoms with van der Waals surface area (Å²) in [5, 5.41) is 3.71. The molecular weight excluding hydrogens is 528 g/mol. The largest absolute Gasteiger partial charge is 0.497 e. The molecule has 0 saturated heterocycles. The number of benzene rings is 5. The van der Waals surface area contributed by atoms with Crippen LogP contribution in [0.15, 0.2) is 78.9 Å².